The minimum atomic E-state index is -0.657. The Hall–Kier alpha value is -2.47. The van der Waals surface area contributed by atoms with Crippen molar-refractivity contribution in [2.24, 2.45) is 0 Å². The number of carbonyl (C=O) groups excluding carboxylic acids is 1. The summed E-state index contributed by atoms with van der Waals surface area (Å²) in [5.74, 6) is -0.922. The molecule has 0 unspecified atom stereocenters. The van der Waals surface area contributed by atoms with E-state index in [0.717, 1.165) is 12.1 Å². The van der Waals surface area contributed by atoms with Gasteiger partial charge in [-0.05, 0) is 30.3 Å². The van der Waals surface area contributed by atoms with Gasteiger partial charge in [-0.2, -0.15) is 0 Å². The number of anilines is 1. The van der Waals surface area contributed by atoms with Gasteiger partial charge in [-0.1, -0.05) is 11.6 Å². The van der Waals surface area contributed by atoms with Gasteiger partial charge in [0.2, 0.25) is 5.75 Å². The Bertz CT molecular complexity index is 678. The maximum absolute atomic E-state index is 13.3. The van der Waals surface area contributed by atoms with E-state index in [-0.39, 0.29) is 22.3 Å². The summed E-state index contributed by atoms with van der Waals surface area (Å²) in [5, 5.41) is 0.248. The maximum atomic E-state index is 13.3. The summed E-state index contributed by atoms with van der Waals surface area (Å²) < 4.78 is 18.8. The summed E-state index contributed by atoms with van der Waals surface area (Å²) in [7, 11) is 0. The van der Waals surface area contributed by atoms with Crippen LogP contribution in [0.4, 0.5) is 10.1 Å². The van der Waals surface area contributed by atoms with Crippen molar-refractivity contribution in [3.8, 4) is 17.2 Å². The predicted octanol–water partition coefficient (Wildman–Crippen LogP) is 3.71. The largest absolute Gasteiger partial charge is 0.452 e. The van der Waals surface area contributed by atoms with Gasteiger partial charge in [-0.25, -0.2) is 9.18 Å². The Morgan fingerprint density at radius 3 is 2.52 bits per heavy atom. The first-order chi connectivity index (χ1) is 9.95. The molecule has 5 nitrogen and oxygen atoms in total. The lowest BCUT2D eigenvalue weighted by atomic mass is 10.3. The average Bonchev–Trinajstić information content (AvgIpc) is 2.41. The molecule has 2 rings (SSSR count). The number of carbonyl (C=O) groups is 1. The molecule has 0 radical (unpaired) electrons. The van der Waals surface area contributed by atoms with Crippen LogP contribution in [0, 0.1) is 5.82 Å². The van der Waals surface area contributed by atoms with Gasteiger partial charge in [-0.15, -0.1) is 0 Å². The summed E-state index contributed by atoms with van der Waals surface area (Å²) in [6, 6.07) is 8.06. The van der Waals surface area contributed by atoms with Gasteiger partial charge in [0, 0.05) is 18.7 Å². The fourth-order valence-corrected chi connectivity index (χ4v) is 1.68. The second kappa shape index (κ2) is 6.32. The summed E-state index contributed by atoms with van der Waals surface area (Å²) in [6.07, 6.45) is 0. The van der Waals surface area contributed by atoms with E-state index < -0.39 is 11.8 Å². The van der Waals surface area contributed by atoms with E-state index in [1.54, 1.807) is 6.07 Å². The minimum absolute atomic E-state index is 0.00271. The first-order valence-corrected chi connectivity index (χ1v) is 6.21. The highest BCUT2D eigenvalue weighted by atomic mass is 35.5. The van der Waals surface area contributed by atoms with E-state index in [4.69, 9.17) is 27.0 Å². The van der Waals surface area contributed by atoms with E-state index in [1.807, 2.05) is 0 Å². The monoisotopic (exact) mass is 311 g/mol. The minimum Gasteiger partial charge on any atom is -0.452 e. The topological polar surface area (TPSA) is 70.8 Å². The molecule has 0 atom stereocenters. The Balaban J connectivity index is 2.29. The molecule has 0 saturated heterocycles. The van der Waals surface area contributed by atoms with Crippen LogP contribution in [0.2, 0.25) is 5.02 Å². The molecule has 0 amide bonds. The highest BCUT2D eigenvalue weighted by Crippen LogP contribution is 2.36. The normalized spacial score (nSPS) is 10.0. The molecule has 7 heteroatoms. The van der Waals surface area contributed by atoms with Gasteiger partial charge in [-0.3, -0.25) is 9.78 Å². The first kappa shape index (κ1) is 14.9. The molecule has 0 heterocycles. The van der Waals surface area contributed by atoms with E-state index in [9.17, 15) is 9.18 Å². The van der Waals surface area contributed by atoms with Crippen LogP contribution in [0.25, 0.3) is 0 Å². The van der Waals surface area contributed by atoms with Crippen molar-refractivity contribution in [1.29, 1.82) is 0 Å². The van der Waals surface area contributed by atoms with E-state index in [2.05, 4.69) is 4.89 Å². The first-order valence-electron chi connectivity index (χ1n) is 5.83. The summed E-state index contributed by atoms with van der Waals surface area (Å²) >= 11 is 5.97. The number of nitrogens with two attached hydrogens (primary N) is 1. The Morgan fingerprint density at radius 1 is 1.14 bits per heavy atom. The molecule has 0 fully saturated rings. The highest BCUT2D eigenvalue weighted by molar-refractivity contribution is 6.32. The molecule has 2 aromatic rings. The van der Waals surface area contributed by atoms with Crippen LogP contribution in [0.5, 0.6) is 17.2 Å². The van der Waals surface area contributed by atoms with Crippen molar-refractivity contribution in [1.82, 2.24) is 0 Å². The second-order valence-corrected chi connectivity index (χ2v) is 4.45. The number of nitrogen functional groups attached to an aromatic ring is 1. The summed E-state index contributed by atoms with van der Waals surface area (Å²) in [6.45, 7) is 1.17. The van der Waals surface area contributed by atoms with Crippen molar-refractivity contribution in [2.45, 2.75) is 6.92 Å². The van der Waals surface area contributed by atoms with Crippen LogP contribution in [0.1, 0.15) is 6.92 Å². The third-order valence-electron chi connectivity index (χ3n) is 2.33. The van der Waals surface area contributed by atoms with E-state index >= 15 is 0 Å². The zero-order valence-electron chi connectivity index (χ0n) is 10.9. The van der Waals surface area contributed by atoms with Crippen LogP contribution in [0.15, 0.2) is 36.4 Å². The highest BCUT2D eigenvalue weighted by Gasteiger charge is 2.12. The predicted molar refractivity (Wildman–Crippen MR) is 74.7 cm³/mol. The maximum Gasteiger partial charge on any atom is 0.352 e. The average molecular weight is 312 g/mol. The molecule has 0 saturated carbocycles. The Morgan fingerprint density at radius 2 is 1.86 bits per heavy atom. The lowest BCUT2D eigenvalue weighted by Gasteiger charge is -2.11. The van der Waals surface area contributed by atoms with Crippen LogP contribution in [-0.4, -0.2) is 5.97 Å². The molecular weight excluding hydrogens is 301 g/mol. The molecule has 2 N–H and O–H groups in total. The lowest BCUT2D eigenvalue weighted by molar-refractivity contribution is -0.211. The zero-order valence-corrected chi connectivity index (χ0v) is 11.7. The van der Waals surface area contributed by atoms with Crippen molar-refractivity contribution in [2.75, 3.05) is 5.73 Å². The third kappa shape index (κ3) is 4.00. The molecule has 110 valence electrons. The van der Waals surface area contributed by atoms with Gasteiger partial charge in [0.15, 0.2) is 5.75 Å². The van der Waals surface area contributed by atoms with Crippen LogP contribution < -0.4 is 15.4 Å². The van der Waals surface area contributed by atoms with Crippen molar-refractivity contribution >= 4 is 23.3 Å². The molecule has 0 aromatic heterocycles. The third-order valence-corrected chi connectivity index (χ3v) is 2.63. The van der Waals surface area contributed by atoms with Crippen LogP contribution in [-0.2, 0) is 9.68 Å². The number of ether oxygens (including phenoxy) is 1. The standard InChI is InChI=1S/C14H11ClFNO4/c1-8(18)20-21-13-4-2-9(16)6-14(13)19-12-5-3-10(17)7-11(12)15/h2-7H,17H2,1H3. The molecular formula is C14H11ClFNO4. The summed E-state index contributed by atoms with van der Waals surface area (Å²) in [4.78, 5) is 19.9. The number of hydrogen-bond donors (Lipinski definition) is 1. The Labute approximate surface area is 124 Å². The van der Waals surface area contributed by atoms with Crippen molar-refractivity contribution in [3.05, 3.63) is 47.2 Å². The van der Waals surface area contributed by atoms with Crippen LogP contribution in [0.3, 0.4) is 0 Å². The molecule has 2 aromatic carbocycles. The van der Waals surface area contributed by atoms with Gasteiger partial charge in [0.1, 0.15) is 11.6 Å². The fourth-order valence-electron chi connectivity index (χ4n) is 1.45. The number of halogens is 2. The van der Waals surface area contributed by atoms with Gasteiger partial charge in [0.25, 0.3) is 0 Å². The van der Waals surface area contributed by atoms with Gasteiger partial charge < -0.3 is 10.5 Å². The molecule has 0 aliphatic rings. The Kier molecular flexibility index (Phi) is 4.49. The van der Waals surface area contributed by atoms with Crippen molar-refractivity contribution in [3.63, 3.8) is 0 Å². The molecule has 0 aliphatic heterocycles. The fraction of sp³-hybridized carbons (Fsp3) is 0.0714. The number of benzene rings is 2. The molecule has 0 bridgehead atoms. The second-order valence-electron chi connectivity index (χ2n) is 4.04. The van der Waals surface area contributed by atoms with Crippen LogP contribution >= 0.6 is 11.6 Å². The number of rotatable bonds is 4. The smallest absolute Gasteiger partial charge is 0.352 e. The quantitative estimate of drug-likeness (QED) is 0.529. The molecule has 21 heavy (non-hydrogen) atoms. The molecule has 0 spiro atoms. The van der Waals surface area contributed by atoms with E-state index in [0.29, 0.717) is 5.69 Å². The van der Waals surface area contributed by atoms with Crippen molar-refractivity contribution < 1.29 is 23.7 Å². The SMILES string of the molecule is CC(=O)OOc1ccc(F)cc1Oc1ccc(N)cc1Cl. The number of hydrogen-bond acceptors (Lipinski definition) is 5. The lowest BCUT2D eigenvalue weighted by Crippen LogP contribution is -2.04. The van der Waals surface area contributed by atoms with Gasteiger partial charge in [0.05, 0.1) is 5.02 Å². The summed E-state index contributed by atoms with van der Waals surface area (Å²) in [5.41, 5.74) is 6.03. The van der Waals surface area contributed by atoms with E-state index in [1.165, 1.54) is 25.1 Å². The molecule has 0 aliphatic carbocycles. The van der Waals surface area contributed by atoms with Gasteiger partial charge >= 0.3 is 5.97 Å². The zero-order chi connectivity index (χ0) is 15.4.